The van der Waals surface area contributed by atoms with Crippen LogP contribution in [0.1, 0.15) is 49.7 Å². The lowest BCUT2D eigenvalue weighted by Crippen LogP contribution is -2.41. The third-order valence-electron chi connectivity index (χ3n) is 6.61. The second-order valence-corrected chi connectivity index (χ2v) is 8.42. The number of fused-ring (bicyclic) bond motifs is 1. The van der Waals surface area contributed by atoms with Crippen molar-refractivity contribution in [2.24, 2.45) is 0 Å². The topological polar surface area (TPSA) is 41.5 Å². The molecule has 1 saturated heterocycles. The molecular weight excluding hydrogens is 348 g/mol. The predicted octanol–water partition coefficient (Wildman–Crippen LogP) is 4.21. The van der Waals surface area contributed by atoms with Crippen molar-refractivity contribution in [2.45, 2.75) is 57.4 Å². The Kier molecular flexibility index (Phi) is 5.17. The average Bonchev–Trinajstić information content (AvgIpc) is 2.90. The zero-order valence-corrected chi connectivity index (χ0v) is 16.6. The minimum Gasteiger partial charge on any atom is -0.437 e. The largest absolute Gasteiger partial charge is 0.437 e. The molecule has 3 aliphatic rings. The number of benzene rings is 1. The van der Waals surface area contributed by atoms with Crippen LogP contribution in [0.15, 0.2) is 30.6 Å². The zero-order valence-electron chi connectivity index (χ0n) is 16.6. The zero-order chi connectivity index (χ0) is 18.8. The molecular formula is C23H30N4O. The van der Waals surface area contributed by atoms with Crippen molar-refractivity contribution >= 4 is 5.82 Å². The Morgan fingerprint density at radius 2 is 1.68 bits per heavy atom. The number of aromatic nitrogens is 2. The van der Waals surface area contributed by atoms with Crippen LogP contribution in [0.25, 0.3) is 0 Å². The minimum atomic E-state index is 0.590. The second kappa shape index (κ2) is 8.08. The van der Waals surface area contributed by atoms with Crippen LogP contribution in [-0.4, -0.2) is 47.1 Å². The first-order valence-corrected chi connectivity index (χ1v) is 11.0. The summed E-state index contributed by atoms with van der Waals surface area (Å²) in [6.07, 6.45) is 13.8. The fraction of sp³-hybridized carbons (Fsp3) is 0.565. The summed E-state index contributed by atoms with van der Waals surface area (Å²) < 4.78 is 6.11. The van der Waals surface area contributed by atoms with Gasteiger partial charge in [0.15, 0.2) is 5.82 Å². The molecule has 2 aromatic rings. The van der Waals surface area contributed by atoms with E-state index in [1.165, 1.54) is 62.7 Å². The molecule has 5 nitrogen and oxygen atoms in total. The molecule has 1 aromatic carbocycles. The molecule has 0 spiro atoms. The summed E-state index contributed by atoms with van der Waals surface area (Å²) in [5.74, 6) is 2.40. The summed E-state index contributed by atoms with van der Waals surface area (Å²) in [6, 6.07) is 7.39. The van der Waals surface area contributed by atoms with Gasteiger partial charge in [-0.2, -0.15) is 4.98 Å². The van der Waals surface area contributed by atoms with Gasteiger partial charge in [-0.1, -0.05) is 12.5 Å². The highest BCUT2D eigenvalue weighted by Crippen LogP contribution is 2.30. The van der Waals surface area contributed by atoms with Crippen molar-refractivity contribution in [1.82, 2.24) is 14.9 Å². The molecule has 28 heavy (non-hydrogen) atoms. The van der Waals surface area contributed by atoms with Crippen molar-refractivity contribution in [3.63, 3.8) is 0 Å². The van der Waals surface area contributed by atoms with Gasteiger partial charge in [0, 0.05) is 32.2 Å². The second-order valence-electron chi connectivity index (χ2n) is 8.42. The summed E-state index contributed by atoms with van der Waals surface area (Å²) in [4.78, 5) is 14.1. The highest BCUT2D eigenvalue weighted by molar-refractivity contribution is 5.41. The Hall–Kier alpha value is -2.14. The molecule has 3 heterocycles. The normalized spacial score (nSPS) is 20.9. The molecule has 1 saturated carbocycles. The van der Waals surface area contributed by atoms with Gasteiger partial charge in [0.25, 0.3) is 0 Å². The molecule has 0 atom stereocenters. The van der Waals surface area contributed by atoms with Crippen LogP contribution in [0.2, 0.25) is 0 Å². The molecule has 5 rings (SSSR count). The Bertz CT molecular complexity index is 814. The van der Waals surface area contributed by atoms with Gasteiger partial charge in [-0.05, 0) is 68.2 Å². The van der Waals surface area contributed by atoms with Crippen molar-refractivity contribution in [2.75, 3.05) is 31.1 Å². The van der Waals surface area contributed by atoms with Gasteiger partial charge in [-0.15, -0.1) is 0 Å². The third kappa shape index (κ3) is 3.86. The summed E-state index contributed by atoms with van der Waals surface area (Å²) >= 11 is 0. The van der Waals surface area contributed by atoms with E-state index in [-0.39, 0.29) is 0 Å². The summed E-state index contributed by atoms with van der Waals surface area (Å²) in [5.41, 5.74) is 2.90. The molecule has 0 radical (unpaired) electrons. The highest BCUT2D eigenvalue weighted by atomic mass is 16.5. The van der Waals surface area contributed by atoms with Gasteiger partial charge in [-0.3, -0.25) is 9.88 Å². The van der Waals surface area contributed by atoms with E-state index in [1.807, 2.05) is 6.20 Å². The molecule has 1 aliphatic carbocycles. The molecule has 0 bridgehead atoms. The maximum atomic E-state index is 6.11. The Balaban J connectivity index is 1.28. The number of ether oxygens (including phenoxy) is 1. The maximum absolute atomic E-state index is 6.11. The van der Waals surface area contributed by atoms with Crippen molar-refractivity contribution in [3.05, 3.63) is 41.7 Å². The molecule has 0 amide bonds. The van der Waals surface area contributed by atoms with E-state index in [9.17, 15) is 0 Å². The molecule has 1 aromatic heterocycles. The summed E-state index contributed by atoms with van der Waals surface area (Å²) in [6.45, 7) is 4.50. The molecule has 0 unspecified atom stereocenters. The van der Waals surface area contributed by atoms with Gasteiger partial charge in [-0.25, -0.2) is 0 Å². The van der Waals surface area contributed by atoms with Crippen LogP contribution in [0, 0.1) is 0 Å². The van der Waals surface area contributed by atoms with E-state index in [4.69, 9.17) is 9.72 Å². The lowest BCUT2D eigenvalue weighted by Gasteiger charge is -2.36. The van der Waals surface area contributed by atoms with Crippen LogP contribution in [0.5, 0.6) is 11.6 Å². The lowest BCUT2D eigenvalue weighted by atomic mass is 9.91. The number of anilines is 1. The van der Waals surface area contributed by atoms with Crippen molar-refractivity contribution < 1.29 is 4.74 Å². The molecule has 2 aliphatic heterocycles. The minimum absolute atomic E-state index is 0.590. The number of piperidine rings is 1. The molecule has 148 valence electrons. The molecule has 0 N–H and O–H groups in total. The molecule has 5 heteroatoms. The van der Waals surface area contributed by atoms with Crippen LogP contribution in [0.4, 0.5) is 5.82 Å². The van der Waals surface area contributed by atoms with Gasteiger partial charge >= 0.3 is 0 Å². The fourth-order valence-electron chi connectivity index (χ4n) is 4.68. The van der Waals surface area contributed by atoms with Gasteiger partial charge in [0.1, 0.15) is 5.75 Å². The van der Waals surface area contributed by atoms with Crippen LogP contribution in [0.3, 0.4) is 0 Å². The number of hydrogen-bond donors (Lipinski definition) is 0. The van der Waals surface area contributed by atoms with Crippen molar-refractivity contribution in [1.29, 1.82) is 0 Å². The van der Waals surface area contributed by atoms with Gasteiger partial charge in [0.05, 0.1) is 12.4 Å². The maximum Gasteiger partial charge on any atom is 0.239 e. The standard InChI is InChI=1S/C23H30N4O/c1-2-11-27(12-3-1)22-16-24-17-23(25-22)28-21-8-7-18-9-13-26(20-5-4-6-20)14-10-19(18)15-21/h7-8,15-17,20H,1-6,9-14H2. The van der Waals surface area contributed by atoms with E-state index in [0.717, 1.165) is 43.5 Å². The number of nitrogens with zero attached hydrogens (tertiary/aromatic N) is 4. The molecule has 2 fully saturated rings. The Labute approximate surface area is 167 Å². The monoisotopic (exact) mass is 378 g/mol. The van der Waals surface area contributed by atoms with E-state index in [2.05, 4.69) is 33.0 Å². The summed E-state index contributed by atoms with van der Waals surface area (Å²) in [7, 11) is 0. The smallest absolute Gasteiger partial charge is 0.239 e. The van der Waals surface area contributed by atoms with Crippen LogP contribution >= 0.6 is 0 Å². The number of hydrogen-bond acceptors (Lipinski definition) is 5. The van der Waals surface area contributed by atoms with Crippen LogP contribution in [-0.2, 0) is 12.8 Å². The first-order chi connectivity index (χ1) is 13.8. The fourth-order valence-corrected chi connectivity index (χ4v) is 4.68. The van der Waals surface area contributed by atoms with Gasteiger partial charge in [0.2, 0.25) is 5.88 Å². The highest BCUT2D eigenvalue weighted by Gasteiger charge is 2.26. The van der Waals surface area contributed by atoms with E-state index in [0.29, 0.717) is 5.88 Å². The quantitative estimate of drug-likeness (QED) is 0.797. The van der Waals surface area contributed by atoms with E-state index in [1.54, 1.807) is 6.20 Å². The lowest BCUT2D eigenvalue weighted by molar-refractivity contribution is 0.133. The van der Waals surface area contributed by atoms with Crippen LogP contribution < -0.4 is 9.64 Å². The van der Waals surface area contributed by atoms with Gasteiger partial charge < -0.3 is 9.64 Å². The first-order valence-electron chi connectivity index (χ1n) is 11.0. The summed E-state index contributed by atoms with van der Waals surface area (Å²) in [5, 5.41) is 0. The van der Waals surface area contributed by atoms with E-state index >= 15 is 0 Å². The van der Waals surface area contributed by atoms with Crippen molar-refractivity contribution in [3.8, 4) is 11.6 Å². The number of rotatable bonds is 4. The Morgan fingerprint density at radius 3 is 2.46 bits per heavy atom. The predicted molar refractivity (Wildman–Crippen MR) is 111 cm³/mol. The average molecular weight is 379 g/mol. The van der Waals surface area contributed by atoms with E-state index < -0.39 is 0 Å². The Morgan fingerprint density at radius 1 is 0.857 bits per heavy atom. The third-order valence-corrected chi connectivity index (χ3v) is 6.61. The first kappa shape index (κ1) is 17.9. The SMILES string of the molecule is c1cc2c(cc1Oc1cncc(N3CCCCC3)n1)CCN(C1CCC1)CC2.